The molecular formula is C26H40N2O2. The number of rotatable bonds is 3. The van der Waals surface area contributed by atoms with Crippen molar-refractivity contribution in [2.45, 2.75) is 85.2 Å². The molecule has 3 saturated carbocycles. The molecule has 0 saturated heterocycles. The number of amidine groups is 1. The minimum Gasteiger partial charge on any atom is -0.463 e. The van der Waals surface area contributed by atoms with Crippen LogP contribution in [0.1, 0.15) is 79.1 Å². The first-order valence-electron chi connectivity index (χ1n) is 12.5. The van der Waals surface area contributed by atoms with Crippen molar-refractivity contribution in [1.82, 2.24) is 5.32 Å². The van der Waals surface area contributed by atoms with Crippen molar-refractivity contribution in [3.8, 4) is 0 Å². The Morgan fingerprint density at radius 3 is 2.67 bits per heavy atom. The van der Waals surface area contributed by atoms with Crippen LogP contribution in [0, 0.1) is 40.4 Å². The highest BCUT2D eigenvalue weighted by molar-refractivity contribution is 5.86. The molecule has 0 bridgehead atoms. The van der Waals surface area contributed by atoms with Gasteiger partial charge in [-0.05, 0) is 85.9 Å². The summed E-state index contributed by atoms with van der Waals surface area (Å²) in [7, 11) is 0. The highest BCUT2D eigenvalue weighted by Gasteiger charge is 2.58. The highest BCUT2D eigenvalue weighted by atomic mass is 16.5. The van der Waals surface area contributed by atoms with E-state index in [9.17, 15) is 4.79 Å². The molecule has 4 nitrogen and oxygen atoms in total. The molecule has 4 aliphatic carbocycles. The molecule has 0 aromatic rings. The summed E-state index contributed by atoms with van der Waals surface area (Å²) in [6.45, 7) is 11.1. The number of carbonyl (C=O) groups excluding carboxylic acids is 1. The molecule has 0 radical (unpaired) electrons. The van der Waals surface area contributed by atoms with Crippen molar-refractivity contribution < 1.29 is 9.53 Å². The number of nitrogens with zero attached hydrogens (tertiary/aromatic N) is 1. The van der Waals surface area contributed by atoms with Gasteiger partial charge in [0.2, 0.25) is 0 Å². The van der Waals surface area contributed by atoms with Gasteiger partial charge in [0, 0.05) is 19.4 Å². The first-order chi connectivity index (χ1) is 14.3. The number of ether oxygens (including phenoxy) is 1. The van der Waals surface area contributed by atoms with Crippen molar-refractivity contribution in [2.75, 3.05) is 13.1 Å². The van der Waals surface area contributed by atoms with Gasteiger partial charge in [0.05, 0.1) is 12.4 Å². The molecule has 0 aromatic heterocycles. The van der Waals surface area contributed by atoms with Crippen LogP contribution < -0.4 is 5.32 Å². The van der Waals surface area contributed by atoms with Gasteiger partial charge < -0.3 is 10.1 Å². The first-order valence-corrected chi connectivity index (χ1v) is 12.5. The van der Waals surface area contributed by atoms with Crippen molar-refractivity contribution >= 4 is 11.8 Å². The Kier molecular flexibility index (Phi) is 5.06. The number of fused-ring (bicyclic) bond motifs is 5. The van der Waals surface area contributed by atoms with Crippen molar-refractivity contribution in [1.29, 1.82) is 0 Å². The molecule has 3 fully saturated rings. The van der Waals surface area contributed by atoms with Gasteiger partial charge >= 0.3 is 5.97 Å². The maximum Gasteiger partial charge on any atom is 0.302 e. The van der Waals surface area contributed by atoms with E-state index in [4.69, 9.17) is 9.73 Å². The Hall–Kier alpha value is -1.32. The van der Waals surface area contributed by atoms with E-state index in [2.05, 4.69) is 32.2 Å². The predicted molar refractivity (Wildman–Crippen MR) is 120 cm³/mol. The van der Waals surface area contributed by atoms with Crippen LogP contribution in [0.15, 0.2) is 16.6 Å². The fraction of sp³-hybridized carbons (Fsp3) is 0.846. The Morgan fingerprint density at radius 1 is 1.17 bits per heavy atom. The van der Waals surface area contributed by atoms with E-state index in [1.54, 1.807) is 6.92 Å². The van der Waals surface area contributed by atoms with Crippen LogP contribution in [0.25, 0.3) is 0 Å². The van der Waals surface area contributed by atoms with E-state index in [-0.39, 0.29) is 12.1 Å². The average molecular weight is 413 g/mol. The summed E-state index contributed by atoms with van der Waals surface area (Å²) in [5.41, 5.74) is 2.62. The fourth-order valence-corrected chi connectivity index (χ4v) is 8.59. The van der Waals surface area contributed by atoms with Gasteiger partial charge in [0.1, 0.15) is 6.10 Å². The molecule has 0 spiro atoms. The van der Waals surface area contributed by atoms with Crippen LogP contribution in [0.5, 0.6) is 0 Å². The SMILES string of the molecule is CC(=O)O[C@H]1CC[C@@]2(C)C(CC=C3C2CC[C@@]2(C)C3CCC2[C@H](C)C2=NCCN2)C1. The molecule has 5 rings (SSSR count). The lowest BCUT2D eigenvalue weighted by atomic mass is 9.47. The zero-order valence-corrected chi connectivity index (χ0v) is 19.4. The van der Waals surface area contributed by atoms with Gasteiger partial charge in [-0.3, -0.25) is 9.79 Å². The maximum absolute atomic E-state index is 11.5. The van der Waals surface area contributed by atoms with E-state index in [0.717, 1.165) is 43.7 Å². The van der Waals surface area contributed by atoms with Gasteiger partial charge in [-0.15, -0.1) is 0 Å². The van der Waals surface area contributed by atoms with Crippen LogP contribution in [0.3, 0.4) is 0 Å². The Morgan fingerprint density at radius 2 is 1.93 bits per heavy atom. The Balaban J connectivity index is 1.37. The largest absolute Gasteiger partial charge is 0.463 e. The van der Waals surface area contributed by atoms with Crippen LogP contribution in [-0.4, -0.2) is 31.0 Å². The molecule has 30 heavy (non-hydrogen) atoms. The molecule has 1 N–H and O–H groups in total. The lowest BCUT2D eigenvalue weighted by Crippen LogP contribution is -2.50. The summed E-state index contributed by atoms with van der Waals surface area (Å²) in [6.07, 6.45) is 12.7. The monoisotopic (exact) mass is 412 g/mol. The summed E-state index contributed by atoms with van der Waals surface area (Å²) in [6, 6.07) is 0. The number of hydrogen-bond donors (Lipinski definition) is 1. The van der Waals surface area contributed by atoms with Gasteiger partial charge in [-0.1, -0.05) is 32.4 Å². The van der Waals surface area contributed by atoms with E-state index in [1.807, 2.05) is 5.57 Å². The summed E-state index contributed by atoms with van der Waals surface area (Å²) in [5.74, 6) is 4.64. The zero-order valence-electron chi connectivity index (χ0n) is 19.4. The Bertz CT molecular complexity index is 773. The summed E-state index contributed by atoms with van der Waals surface area (Å²) < 4.78 is 5.62. The van der Waals surface area contributed by atoms with E-state index in [1.165, 1.54) is 44.4 Å². The molecule has 8 atom stereocenters. The molecular weight excluding hydrogens is 372 g/mol. The van der Waals surface area contributed by atoms with Gasteiger partial charge in [0.25, 0.3) is 0 Å². The first kappa shape index (κ1) is 20.6. The molecule has 1 heterocycles. The van der Waals surface area contributed by atoms with Crippen LogP contribution in [0.2, 0.25) is 0 Å². The summed E-state index contributed by atoms with van der Waals surface area (Å²) in [4.78, 5) is 16.3. The van der Waals surface area contributed by atoms with Crippen LogP contribution in [-0.2, 0) is 9.53 Å². The lowest BCUT2D eigenvalue weighted by molar-refractivity contribution is -0.152. The lowest BCUT2D eigenvalue weighted by Gasteiger charge is -2.58. The fourth-order valence-electron chi connectivity index (χ4n) is 8.59. The zero-order chi connectivity index (χ0) is 21.1. The highest BCUT2D eigenvalue weighted by Crippen LogP contribution is 2.66. The van der Waals surface area contributed by atoms with E-state index >= 15 is 0 Å². The van der Waals surface area contributed by atoms with Crippen LogP contribution in [0.4, 0.5) is 0 Å². The third-order valence-corrected chi connectivity index (χ3v) is 10.2. The number of esters is 1. The number of carbonyl (C=O) groups is 1. The molecule has 166 valence electrons. The van der Waals surface area contributed by atoms with Crippen LogP contribution >= 0.6 is 0 Å². The smallest absolute Gasteiger partial charge is 0.302 e. The standard InChI is InChI=1S/C26H40N2O2/c1-16(24-27-13-14-28-24)21-7-8-22-20-6-5-18-15-19(30-17(2)29)9-11-25(18,3)23(20)10-12-26(21,22)4/h6,16,18-19,21-23H,5,7-15H2,1-4H3,(H,27,28)/t16-,18?,19-,21?,22?,23?,25-,26+/m0/s1. The second-order valence-electron chi connectivity index (χ2n) is 11.5. The topological polar surface area (TPSA) is 50.7 Å². The van der Waals surface area contributed by atoms with Crippen molar-refractivity contribution in [2.24, 2.45) is 45.4 Å². The number of hydrogen-bond acceptors (Lipinski definition) is 4. The maximum atomic E-state index is 11.5. The summed E-state index contributed by atoms with van der Waals surface area (Å²) >= 11 is 0. The second-order valence-corrected chi connectivity index (χ2v) is 11.5. The minimum absolute atomic E-state index is 0.114. The Labute approximate surface area is 182 Å². The quantitative estimate of drug-likeness (QED) is 0.516. The molecule has 4 heteroatoms. The molecule has 5 aliphatic rings. The normalized spacial score (nSPS) is 45.9. The average Bonchev–Trinajstić information content (AvgIpc) is 3.35. The van der Waals surface area contributed by atoms with Crippen molar-refractivity contribution in [3.05, 3.63) is 11.6 Å². The third-order valence-electron chi connectivity index (χ3n) is 10.2. The minimum atomic E-state index is -0.114. The summed E-state index contributed by atoms with van der Waals surface area (Å²) in [5, 5.41) is 3.56. The van der Waals surface area contributed by atoms with Crippen molar-refractivity contribution in [3.63, 3.8) is 0 Å². The molecule has 1 aliphatic heterocycles. The number of allylic oxidation sites excluding steroid dienone is 2. The van der Waals surface area contributed by atoms with Gasteiger partial charge in [0.15, 0.2) is 0 Å². The number of nitrogens with one attached hydrogen (secondary N) is 1. The van der Waals surface area contributed by atoms with Gasteiger partial charge in [-0.2, -0.15) is 0 Å². The predicted octanol–water partition coefficient (Wildman–Crippen LogP) is 5.13. The third kappa shape index (κ3) is 3.07. The second kappa shape index (κ2) is 7.38. The van der Waals surface area contributed by atoms with Gasteiger partial charge in [-0.25, -0.2) is 0 Å². The molecule has 0 amide bonds. The molecule has 0 aromatic carbocycles. The molecule has 4 unspecified atom stereocenters. The number of aliphatic imine (C=N–C) groups is 1. The van der Waals surface area contributed by atoms with E-state index < -0.39 is 0 Å². The van der Waals surface area contributed by atoms with E-state index in [0.29, 0.717) is 22.7 Å².